The lowest BCUT2D eigenvalue weighted by atomic mass is 9.99. The van der Waals surface area contributed by atoms with Crippen LogP contribution in [0.5, 0.6) is 28.7 Å². The van der Waals surface area contributed by atoms with E-state index in [-0.39, 0.29) is 57.4 Å². The van der Waals surface area contributed by atoms with Gasteiger partial charge in [0.15, 0.2) is 23.5 Å². The van der Waals surface area contributed by atoms with Crippen LogP contribution in [-0.2, 0) is 11.3 Å². The maximum atomic E-state index is 12.9. The number of amides is 1. The lowest BCUT2D eigenvalue weighted by molar-refractivity contribution is 0.0727. The zero-order valence-corrected chi connectivity index (χ0v) is 17.6. The number of hydrogen-bond donors (Lipinski definition) is 3. The molecule has 1 aliphatic rings. The van der Waals surface area contributed by atoms with E-state index in [0.29, 0.717) is 25.0 Å². The smallest absolute Gasteiger partial charge is 0.347 e. The molecule has 0 fully saturated rings. The molecule has 1 aliphatic heterocycles. The standard InChI is InChI=1S/C22H23NO8/c1-5-23-21(27)16-11(4)18-20(13(17(16)26)9-29-6-2)31-22(28)15-10(3)7-14(25)12(8-24)19(15)30-18/h7-8,25-26H,5-6,9H2,1-4H3,(H,23,27). The zero-order chi connectivity index (χ0) is 22.9. The second-order valence-electron chi connectivity index (χ2n) is 6.92. The number of carbonyl (C=O) groups excluding carboxylic acids is 3. The van der Waals surface area contributed by atoms with Gasteiger partial charge in [-0.1, -0.05) is 0 Å². The van der Waals surface area contributed by atoms with E-state index in [0.717, 1.165) is 0 Å². The number of phenols is 2. The Morgan fingerprint density at radius 3 is 2.48 bits per heavy atom. The van der Waals surface area contributed by atoms with Crippen molar-refractivity contribution in [2.75, 3.05) is 13.2 Å². The number of benzene rings is 2. The van der Waals surface area contributed by atoms with Gasteiger partial charge in [-0.25, -0.2) is 4.79 Å². The van der Waals surface area contributed by atoms with Crippen LogP contribution in [0.4, 0.5) is 0 Å². The van der Waals surface area contributed by atoms with Crippen molar-refractivity contribution in [2.24, 2.45) is 0 Å². The number of esters is 1. The van der Waals surface area contributed by atoms with Crippen LogP contribution in [-0.4, -0.2) is 41.5 Å². The summed E-state index contributed by atoms with van der Waals surface area (Å²) < 4.78 is 16.9. The Balaban J connectivity index is 2.36. The maximum Gasteiger partial charge on any atom is 0.347 e. The fourth-order valence-electron chi connectivity index (χ4n) is 3.46. The van der Waals surface area contributed by atoms with Crippen LogP contribution < -0.4 is 14.8 Å². The van der Waals surface area contributed by atoms with Crippen molar-refractivity contribution in [3.05, 3.63) is 39.4 Å². The molecule has 0 unspecified atom stereocenters. The Kier molecular flexibility index (Phi) is 6.16. The molecule has 0 atom stereocenters. The normalized spacial score (nSPS) is 12.2. The van der Waals surface area contributed by atoms with Gasteiger partial charge >= 0.3 is 5.97 Å². The van der Waals surface area contributed by atoms with Crippen molar-refractivity contribution in [3.8, 4) is 28.7 Å². The van der Waals surface area contributed by atoms with Crippen LogP contribution in [0.1, 0.15) is 61.6 Å². The Bertz CT molecular complexity index is 1090. The highest BCUT2D eigenvalue weighted by atomic mass is 16.6. The van der Waals surface area contributed by atoms with Gasteiger partial charge in [-0.3, -0.25) is 9.59 Å². The topological polar surface area (TPSA) is 131 Å². The molecule has 1 amide bonds. The van der Waals surface area contributed by atoms with Crippen molar-refractivity contribution in [1.29, 1.82) is 0 Å². The number of phenolic OH excluding ortho intramolecular Hbond substituents is 2. The van der Waals surface area contributed by atoms with Crippen LogP contribution in [0.3, 0.4) is 0 Å². The molecule has 31 heavy (non-hydrogen) atoms. The molecule has 1 heterocycles. The summed E-state index contributed by atoms with van der Waals surface area (Å²) in [5.41, 5.74) is 0.227. The third kappa shape index (κ3) is 3.68. The van der Waals surface area contributed by atoms with Crippen molar-refractivity contribution in [3.63, 3.8) is 0 Å². The van der Waals surface area contributed by atoms with Crippen LogP contribution in [0, 0.1) is 13.8 Å². The Morgan fingerprint density at radius 1 is 1.16 bits per heavy atom. The molecule has 9 heteroatoms. The molecule has 2 aromatic carbocycles. The lowest BCUT2D eigenvalue weighted by Gasteiger charge is -2.20. The van der Waals surface area contributed by atoms with Gasteiger partial charge in [0.1, 0.15) is 17.1 Å². The second-order valence-corrected chi connectivity index (χ2v) is 6.92. The zero-order valence-electron chi connectivity index (χ0n) is 17.6. The highest BCUT2D eigenvalue weighted by Crippen LogP contribution is 2.50. The largest absolute Gasteiger partial charge is 0.507 e. The van der Waals surface area contributed by atoms with Gasteiger partial charge in [0.25, 0.3) is 5.91 Å². The SMILES string of the molecule is CCNC(=O)c1c(C)c2c(c(COCC)c1O)OC(=O)c1c(C)cc(O)c(C=O)c1O2. The van der Waals surface area contributed by atoms with Gasteiger partial charge in [0.05, 0.1) is 23.3 Å². The van der Waals surface area contributed by atoms with Crippen LogP contribution in [0.2, 0.25) is 0 Å². The van der Waals surface area contributed by atoms with E-state index in [1.807, 2.05) is 0 Å². The van der Waals surface area contributed by atoms with E-state index < -0.39 is 17.6 Å². The third-order valence-electron chi connectivity index (χ3n) is 4.95. The summed E-state index contributed by atoms with van der Waals surface area (Å²) in [6.07, 6.45) is 0.368. The molecule has 9 nitrogen and oxygen atoms in total. The van der Waals surface area contributed by atoms with Gasteiger partial charge in [-0.2, -0.15) is 0 Å². The first-order valence-electron chi connectivity index (χ1n) is 9.72. The minimum Gasteiger partial charge on any atom is -0.507 e. The number of carbonyl (C=O) groups is 3. The van der Waals surface area contributed by atoms with E-state index in [4.69, 9.17) is 14.2 Å². The number of aldehydes is 1. The number of rotatable bonds is 6. The Morgan fingerprint density at radius 2 is 1.87 bits per heavy atom. The fourth-order valence-corrected chi connectivity index (χ4v) is 3.46. The summed E-state index contributed by atoms with van der Waals surface area (Å²) in [5.74, 6) is -2.49. The fraction of sp³-hybridized carbons (Fsp3) is 0.318. The minimum absolute atomic E-state index is 0.0334. The Labute approximate surface area is 178 Å². The first kappa shape index (κ1) is 22.1. The molecule has 0 radical (unpaired) electrons. The average Bonchev–Trinajstić information content (AvgIpc) is 2.85. The molecule has 0 saturated carbocycles. The lowest BCUT2D eigenvalue weighted by Crippen LogP contribution is -2.24. The predicted octanol–water partition coefficient (Wildman–Crippen LogP) is 3.14. The third-order valence-corrected chi connectivity index (χ3v) is 4.95. The minimum atomic E-state index is -0.836. The number of nitrogens with one attached hydrogen (secondary N) is 1. The molecule has 0 spiro atoms. The molecule has 0 bridgehead atoms. The molecule has 0 saturated heterocycles. The summed E-state index contributed by atoms with van der Waals surface area (Å²) in [6, 6.07) is 1.26. The molecule has 3 N–H and O–H groups in total. The van der Waals surface area contributed by atoms with E-state index in [2.05, 4.69) is 5.32 Å². The molecule has 0 aromatic heterocycles. The average molecular weight is 429 g/mol. The van der Waals surface area contributed by atoms with Crippen molar-refractivity contribution < 1.29 is 38.8 Å². The highest BCUT2D eigenvalue weighted by molar-refractivity contribution is 6.03. The molecular weight excluding hydrogens is 406 g/mol. The number of aromatic hydroxyl groups is 2. The van der Waals surface area contributed by atoms with Crippen LogP contribution >= 0.6 is 0 Å². The molecule has 2 aromatic rings. The summed E-state index contributed by atoms with van der Waals surface area (Å²) in [7, 11) is 0. The number of fused-ring (bicyclic) bond motifs is 2. The van der Waals surface area contributed by atoms with Crippen molar-refractivity contribution >= 4 is 18.2 Å². The van der Waals surface area contributed by atoms with Gasteiger partial charge in [-0.05, 0) is 39.3 Å². The van der Waals surface area contributed by atoms with Crippen molar-refractivity contribution in [2.45, 2.75) is 34.3 Å². The summed E-state index contributed by atoms with van der Waals surface area (Å²) in [6.45, 7) is 7.00. The van der Waals surface area contributed by atoms with Gasteiger partial charge in [0, 0.05) is 18.7 Å². The second kappa shape index (κ2) is 8.65. The summed E-state index contributed by atoms with van der Waals surface area (Å²) >= 11 is 0. The molecule has 164 valence electrons. The molecule has 0 aliphatic carbocycles. The van der Waals surface area contributed by atoms with Crippen LogP contribution in [0.15, 0.2) is 6.07 Å². The monoisotopic (exact) mass is 429 g/mol. The van der Waals surface area contributed by atoms with Crippen LogP contribution in [0.25, 0.3) is 0 Å². The Hall–Kier alpha value is -3.59. The number of hydrogen-bond acceptors (Lipinski definition) is 8. The first-order valence-corrected chi connectivity index (χ1v) is 9.72. The van der Waals surface area contributed by atoms with Gasteiger partial charge < -0.3 is 29.7 Å². The highest BCUT2D eigenvalue weighted by Gasteiger charge is 2.35. The predicted molar refractivity (Wildman–Crippen MR) is 109 cm³/mol. The van der Waals surface area contributed by atoms with E-state index in [9.17, 15) is 24.6 Å². The van der Waals surface area contributed by atoms with E-state index in [1.54, 1.807) is 20.8 Å². The molecule has 3 rings (SSSR count). The van der Waals surface area contributed by atoms with E-state index >= 15 is 0 Å². The summed E-state index contributed by atoms with van der Waals surface area (Å²) in [5, 5.41) is 23.7. The number of aryl methyl sites for hydroxylation is 1. The van der Waals surface area contributed by atoms with E-state index in [1.165, 1.54) is 13.0 Å². The first-order chi connectivity index (χ1) is 14.8. The van der Waals surface area contributed by atoms with Gasteiger partial charge in [-0.15, -0.1) is 0 Å². The number of ether oxygens (including phenoxy) is 3. The van der Waals surface area contributed by atoms with Crippen molar-refractivity contribution in [1.82, 2.24) is 5.32 Å². The quantitative estimate of drug-likeness (QED) is 0.363. The summed E-state index contributed by atoms with van der Waals surface area (Å²) in [4.78, 5) is 37.2. The molecular formula is C22H23NO8. The maximum absolute atomic E-state index is 12.9. The van der Waals surface area contributed by atoms with Gasteiger partial charge in [0.2, 0.25) is 0 Å².